The van der Waals surface area contributed by atoms with Gasteiger partial charge in [-0.2, -0.15) is 0 Å². The summed E-state index contributed by atoms with van der Waals surface area (Å²) in [6.07, 6.45) is 1.15. The van der Waals surface area contributed by atoms with E-state index >= 15 is 0 Å². The van der Waals surface area contributed by atoms with Crippen molar-refractivity contribution in [1.29, 1.82) is 0 Å². The highest BCUT2D eigenvalue weighted by atomic mass is 32.2. The van der Waals surface area contributed by atoms with E-state index in [0.29, 0.717) is 5.69 Å². The molecule has 1 aromatic heterocycles. The summed E-state index contributed by atoms with van der Waals surface area (Å²) in [6.45, 7) is 0. The van der Waals surface area contributed by atoms with Crippen LogP contribution in [0, 0.1) is 0 Å². The summed E-state index contributed by atoms with van der Waals surface area (Å²) in [7, 11) is -4.52. The maximum absolute atomic E-state index is 10.9. The molecule has 0 spiro atoms. The third-order valence-electron chi connectivity index (χ3n) is 1.82. The topological polar surface area (TPSA) is 74.2 Å². The van der Waals surface area contributed by atoms with E-state index in [1.54, 1.807) is 30.3 Å². The molecule has 6 heteroatoms. The van der Waals surface area contributed by atoms with E-state index in [-0.39, 0.29) is 0 Å². The average Bonchev–Trinajstić information content (AvgIpc) is 2.67. The first kappa shape index (κ1) is 9.88. The number of para-hydroxylation sites is 1. The Morgan fingerprint density at radius 3 is 2.40 bits per heavy atom. The number of rotatable bonds is 2. The van der Waals surface area contributed by atoms with Crippen molar-refractivity contribution < 1.29 is 22.2 Å². The fourth-order valence-electron chi connectivity index (χ4n) is 1.21. The predicted octanol–water partition coefficient (Wildman–Crippen LogP) is 0.460. The minimum atomic E-state index is -4.52. The van der Waals surface area contributed by atoms with Crippen molar-refractivity contribution in [1.82, 2.24) is 0 Å². The molecule has 2 rings (SSSR count). The quantitative estimate of drug-likeness (QED) is 0.549. The van der Waals surface area contributed by atoms with Crippen molar-refractivity contribution in [2.45, 2.75) is 5.03 Å². The molecule has 0 aliphatic carbocycles. The summed E-state index contributed by atoms with van der Waals surface area (Å²) in [5.74, 6) is 0. The van der Waals surface area contributed by atoms with Gasteiger partial charge in [0.25, 0.3) is 5.69 Å². The van der Waals surface area contributed by atoms with Gasteiger partial charge in [0, 0.05) is 16.9 Å². The molecular weight excluding hydrogens is 218 g/mol. The average molecular weight is 225 g/mol. The number of aromatic nitrogens is 1. The molecule has 1 heterocycles. The Morgan fingerprint density at radius 2 is 1.80 bits per heavy atom. The molecule has 1 aromatic carbocycles. The van der Waals surface area contributed by atoms with Gasteiger partial charge in [-0.05, 0) is 0 Å². The van der Waals surface area contributed by atoms with E-state index in [9.17, 15) is 13.0 Å². The van der Waals surface area contributed by atoms with Crippen LogP contribution in [0.15, 0.2) is 52.2 Å². The van der Waals surface area contributed by atoms with Crippen molar-refractivity contribution in [2.24, 2.45) is 0 Å². The molecule has 0 bridgehead atoms. The number of hydrogen-bond acceptors (Lipinski definition) is 4. The summed E-state index contributed by atoms with van der Waals surface area (Å²) in [4.78, 5) is 0. The molecular formula is C9H7NO4S. The molecule has 78 valence electrons. The molecule has 0 saturated carbocycles. The molecule has 0 atom stereocenters. The first-order valence-corrected chi connectivity index (χ1v) is 5.51. The van der Waals surface area contributed by atoms with E-state index < -0.39 is 15.1 Å². The number of benzene rings is 1. The fraction of sp³-hybridized carbons (Fsp3) is 0. The lowest BCUT2D eigenvalue weighted by atomic mass is 10.3. The molecule has 2 aromatic rings. The van der Waals surface area contributed by atoms with Crippen LogP contribution in [0.25, 0.3) is 5.69 Å². The van der Waals surface area contributed by atoms with Crippen molar-refractivity contribution >= 4 is 10.1 Å². The first-order chi connectivity index (χ1) is 7.09. The van der Waals surface area contributed by atoms with Crippen LogP contribution in [0.2, 0.25) is 0 Å². The van der Waals surface area contributed by atoms with Crippen molar-refractivity contribution in [3.63, 3.8) is 0 Å². The van der Waals surface area contributed by atoms with Crippen LogP contribution in [0.5, 0.6) is 0 Å². The van der Waals surface area contributed by atoms with Crippen LogP contribution in [-0.4, -0.2) is 13.0 Å². The summed E-state index contributed by atoms with van der Waals surface area (Å²) in [5, 5.41) is -0.409. The first-order valence-electron chi connectivity index (χ1n) is 4.10. The SMILES string of the molecule is O=S(=O)([O-])c1cco[n+]1-c1ccccc1. The van der Waals surface area contributed by atoms with Gasteiger partial charge in [0.2, 0.25) is 0 Å². The molecule has 0 N–H and O–H groups in total. The Bertz CT molecular complexity index is 559. The monoisotopic (exact) mass is 225 g/mol. The number of nitrogens with zero attached hydrogens (tertiary/aromatic N) is 1. The van der Waals surface area contributed by atoms with Crippen molar-refractivity contribution in [2.75, 3.05) is 0 Å². The van der Waals surface area contributed by atoms with Gasteiger partial charge in [-0.25, -0.2) is 12.9 Å². The highest BCUT2D eigenvalue weighted by Gasteiger charge is 2.23. The molecule has 15 heavy (non-hydrogen) atoms. The van der Waals surface area contributed by atoms with Gasteiger partial charge >= 0.3 is 5.03 Å². The van der Waals surface area contributed by atoms with E-state index in [1.807, 2.05) is 0 Å². The van der Waals surface area contributed by atoms with Crippen LogP contribution in [0.1, 0.15) is 0 Å². The second kappa shape index (κ2) is 3.48. The van der Waals surface area contributed by atoms with Crippen LogP contribution >= 0.6 is 0 Å². The summed E-state index contributed by atoms with van der Waals surface area (Å²) in [5.41, 5.74) is 0.483. The maximum atomic E-state index is 10.9. The Labute approximate surface area is 86.3 Å². The smallest absolute Gasteiger partial charge is 0.340 e. The fourth-order valence-corrected chi connectivity index (χ4v) is 1.78. The molecule has 0 amide bonds. The minimum absolute atomic E-state index is 0.409. The zero-order valence-corrected chi connectivity index (χ0v) is 8.35. The highest BCUT2D eigenvalue weighted by Crippen LogP contribution is 2.06. The van der Waals surface area contributed by atoms with Gasteiger partial charge in [0.15, 0.2) is 16.4 Å². The Balaban J connectivity index is 2.61. The lowest BCUT2D eigenvalue weighted by Crippen LogP contribution is -2.34. The molecule has 0 radical (unpaired) electrons. The highest BCUT2D eigenvalue weighted by molar-refractivity contribution is 7.85. The second-order valence-electron chi connectivity index (χ2n) is 2.83. The third-order valence-corrected chi connectivity index (χ3v) is 2.64. The standard InChI is InChI=1S/C9H7NO4S/c11-15(12,13)9-6-7-14-10(9)8-4-2-1-3-5-8/h1-7H. The normalized spacial score (nSPS) is 11.5. The molecule has 0 fully saturated rings. The maximum Gasteiger partial charge on any atom is 0.340 e. The van der Waals surface area contributed by atoms with Gasteiger partial charge < -0.3 is 4.55 Å². The van der Waals surface area contributed by atoms with Gasteiger partial charge in [0.1, 0.15) is 0 Å². The Hall–Kier alpha value is -1.66. The Morgan fingerprint density at radius 1 is 1.13 bits per heavy atom. The second-order valence-corrected chi connectivity index (χ2v) is 4.16. The number of hydrogen-bond donors (Lipinski definition) is 0. The largest absolute Gasteiger partial charge is 0.739 e. The van der Waals surface area contributed by atoms with Crippen molar-refractivity contribution in [3.05, 3.63) is 42.7 Å². The van der Waals surface area contributed by atoms with E-state index in [2.05, 4.69) is 0 Å². The molecule has 0 aliphatic heterocycles. The molecule has 5 nitrogen and oxygen atoms in total. The van der Waals surface area contributed by atoms with Crippen LogP contribution < -0.4 is 4.74 Å². The summed E-state index contributed by atoms with van der Waals surface area (Å²) in [6, 6.07) is 9.60. The Kier molecular flexibility index (Phi) is 2.29. The molecule has 0 saturated heterocycles. The van der Waals surface area contributed by atoms with Crippen LogP contribution in [0.4, 0.5) is 0 Å². The van der Waals surface area contributed by atoms with E-state index in [1.165, 1.54) is 0 Å². The zero-order chi connectivity index (χ0) is 10.9. The summed E-state index contributed by atoms with van der Waals surface area (Å²) >= 11 is 0. The summed E-state index contributed by atoms with van der Waals surface area (Å²) < 4.78 is 38.4. The molecule has 0 unspecified atom stereocenters. The third kappa shape index (κ3) is 1.90. The van der Waals surface area contributed by atoms with E-state index in [4.69, 9.17) is 4.52 Å². The van der Waals surface area contributed by atoms with Crippen molar-refractivity contribution in [3.8, 4) is 5.69 Å². The van der Waals surface area contributed by atoms with Crippen LogP contribution in [0.3, 0.4) is 0 Å². The van der Waals surface area contributed by atoms with Gasteiger partial charge in [0.05, 0.1) is 6.07 Å². The van der Waals surface area contributed by atoms with Crippen LogP contribution in [-0.2, 0) is 10.1 Å². The van der Waals surface area contributed by atoms with Gasteiger partial charge in [-0.1, -0.05) is 18.2 Å². The predicted molar refractivity (Wildman–Crippen MR) is 48.2 cm³/mol. The molecule has 0 aliphatic rings. The minimum Gasteiger partial charge on any atom is -0.739 e. The lowest BCUT2D eigenvalue weighted by molar-refractivity contribution is -0.815. The lowest BCUT2D eigenvalue weighted by Gasteiger charge is -1.98. The van der Waals surface area contributed by atoms with E-state index in [0.717, 1.165) is 17.1 Å². The van der Waals surface area contributed by atoms with Gasteiger partial charge in [-0.15, -0.1) is 0 Å². The zero-order valence-electron chi connectivity index (χ0n) is 7.53. The van der Waals surface area contributed by atoms with Gasteiger partial charge in [-0.3, -0.25) is 0 Å².